The summed E-state index contributed by atoms with van der Waals surface area (Å²) >= 11 is 5.89. The zero-order valence-corrected chi connectivity index (χ0v) is 10.9. The number of methoxy groups -OCH3 is 1. The minimum Gasteiger partial charge on any atom is -0.489 e. The molecule has 0 spiro atoms. The van der Waals surface area contributed by atoms with Gasteiger partial charge in [0.2, 0.25) is 5.75 Å². The third-order valence-electron chi connectivity index (χ3n) is 2.48. The molecule has 1 aromatic heterocycles. The average molecular weight is 265 g/mol. The highest BCUT2D eigenvalue weighted by molar-refractivity contribution is 6.31. The van der Waals surface area contributed by atoms with Crippen LogP contribution in [0.2, 0.25) is 5.15 Å². The van der Waals surface area contributed by atoms with Crippen molar-refractivity contribution >= 4 is 11.6 Å². The number of hydrogen-bond donors (Lipinski definition) is 0. The summed E-state index contributed by atoms with van der Waals surface area (Å²) in [4.78, 5) is 7.83. The number of hydrogen-bond acceptors (Lipinski definition) is 4. The molecule has 2 aromatic rings. The molecule has 0 aliphatic rings. The largest absolute Gasteiger partial charge is 0.489 e. The first-order chi connectivity index (χ1) is 8.74. The lowest BCUT2D eigenvalue weighted by atomic mass is 10.2. The molecule has 0 fully saturated rings. The maximum Gasteiger partial charge on any atom is 0.267 e. The van der Waals surface area contributed by atoms with Crippen LogP contribution in [0.4, 0.5) is 0 Å². The summed E-state index contributed by atoms with van der Waals surface area (Å²) in [6.07, 6.45) is 2.32. The standard InChI is InChI=1S/C13H13ClN2O2/c1-3-9-4-6-10(7-5-9)18-13-11(17-2)12(14)15-8-16-13/h4-8H,3H2,1-2H3. The van der Waals surface area contributed by atoms with Crippen molar-refractivity contribution < 1.29 is 9.47 Å². The summed E-state index contributed by atoms with van der Waals surface area (Å²) in [6.45, 7) is 2.10. The number of ether oxygens (including phenoxy) is 2. The number of nitrogens with zero attached hydrogens (tertiary/aromatic N) is 2. The van der Waals surface area contributed by atoms with E-state index in [2.05, 4.69) is 16.9 Å². The Hall–Kier alpha value is -1.81. The predicted octanol–water partition coefficient (Wildman–Crippen LogP) is 3.49. The second-order valence-corrected chi connectivity index (χ2v) is 3.96. The summed E-state index contributed by atoms with van der Waals surface area (Å²) in [7, 11) is 1.50. The van der Waals surface area contributed by atoms with Crippen LogP contribution in [0.5, 0.6) is 17.4 Å². The summed E-state index contributed by atoms with van der Waals surface area (Å²) < 4.78 is 10.7. The summed E-state index contributed by atoms with van der Waals surface area (Å²) in [5, 5.41) is 0.229. The van der Waals surface area contributed by atoms with Gasteiger partial charge in [-0.1, -0.05) is 30.7 Å². The molecule has 0 aliphatic carbocycles. The number of aromatic nitrogens is 2. The molecule has 0 unspecified atom stereocenters. The molecule has 94 valence electrons. The van der Waals surface area contributed by atoms with Crippen molar-refractivity contribution in [2.75, 3.05) is 7.11 Å². The Morgan fingerprint density at radius 3 is 2.50 bits per heavy atom. The molecule has 0 radical (unpaired) electrons. The van der Waals surface area contributed by atoms with Gasteiger partial charge in [0.25, 0.3) is 5.88 Å². The highest BCUT2D eigenvalue weighted by atomic mass is 35.5. The fraction of sp³-hybridized carbons (Fsp3) is 0.231. The third kappa shape index (κ3) is 2.71. The van der Waals surface area contributed by atoms with Gasteiger partial charge in [0.15, 0.2) is 5.15 Å². The van der Waals surface area contributed by atoms with E-state index in [9.17, 15) is 0 Å². The van der Waals surface area contributed by atoms with E-state index in [-0.39, 0.29) is 5.15 Å². The SMILES string of the molecule is CCc1ccc(Oc2ncnc(Cl)c2OC)cc1. The Morgan fingerprint density at radius 1 is 1.17 bits per heavy atom. The minimum absolute atomic E-state index is 0.229. The second kappa shape index (κ2) is 5.69. The van der Waals surface area contributed by atoms with E-state index in [1.807, 2.05) is 24.3 Å². The van der Waals surface area contributed by atoms with E-state index in [1.54, 1.807) is 0 Å². The van der Waals surface area contributed by atoms with Crippen LogP contribution in [0.25, 0.3) is 0 Å². The predicted molar refractivity (Wildman–Crippen MR) is 69.5 cm³/mol. The molecule has 1 heterocycles. The second-order valence-electron chi connectivity index (χ2n) is 3.60. The maximum atomic E-state index is 5.89. The smallest absolute Gasteiger partial charge is 0.267 e. The minimum atomic E-state index is 0.229. The first-order valence-corrected chi connectivity index (χ1v) is 5.93. The quantitative estimate of drug-likeness (QED) is 0.793. The van der Waals surface area contributed by atoms with Crippen molar-refractivity contribution in [3.63, 3.8) is 0 Å². The maximum absolute atomic E-state index is 5.89. The molecule has 0 saturated heterocycles. The van der Waals surface area contributed by atoms with Crippen LogP contribution in [0.1, 0.15) is 12.5 Å². The van der Waals surface area contributed by atoms with Gasteiger partial charge in [-0.05, 0) is 24.1 Å². The molecule has 0 atom stereocenters. The molecular weight excluding hydrogens is 252 g/mol. The lowest BCUT2D eigenvalue weighted by Gasteiger charge is -2.09. The van der Waals surface area contributed by atoms with Gasteiger partial charge in [0.05, 0.1) is 7.11 Å². The topological polar surface area (TPSA) is 44.2 Å². The molecule has 0 saturated carbocycles. The van der Waals surface area contributed by atoms with E-state index in [0.717, 1.165) is 6.42 Å². The van der Waals surface area contributed by atoms with Gasteiger partial charge < -0.3 is 9.47 Å². The lowest BCUT2D eigenvalue weighted by Crippen LogP contribution is -1.95. The molecule has 1 aromatic carbocycles. The molecule has 5 heteroatoms. The van der Waals surface area contributed by atoms with E-state index in [4.69, 9.17) is 21.1 Å². The van der Waals surface area contributed by atoms with Crippen LogP contribution in [0, 0.1) is 0 Å². The van der Waals surface area contributed by atoms with E-state index in [0.29, 0.717) is 17.4 Å². The van der Waals surface area contributed by atoms with Gasteiger partial charge in [-0.2, -0.15) is 4.98 Å². The lowest BCUT2D eigenvalue weighted by molar-refractivity contribution is 0.367. The van der Waals surface area contributed by atoms with Gasteiger partial charge in [-0.3, -0.25) is 0 Å². The number of benzene rings is 1. The first-order valence-electron chi connectivity index (χ1n) is 5.56. The van der Waals surface area contributed by atoms with E-state index in [1.165, 1.54) is 19.0 Å². The van der Waals surface area contributed by atoms with Crippen molar-refractivity contribution in [3.8, 4) is 17.4 Å². The Morgan fingerprint density at radius 2 is 1.89 bits per heavy atom. The fourth-order valence-corrected chi connectivity index (χ4v) is 1.69. The molecule has 0 amide bonds. The van der Waals surface area contributed by atoms with Gasteiger partial charge >= 0.3 is 0 Å². The van der Waals surface area contributed by atoms with Crippen molar-refractivity contribution in [2.24, 2.45) is 0 Å². The summed E-state index contributed by atoms with van der Waals surface area (Å²) in [5.41, 5.74) is 1.25. The summed E-state index contributed by atoms with van der Waals surface area (Å²) in [6, 6.07) is 7.78. The zero-order valence-electron chi connectivity index (χ0n) is 10.2. The zero-order chi connectivity index (χ0) is 13.0. The van der Waals surface area contributed by atoms with Crippen LogP contribution < -0.4 is 9.47 Å². The highest BCUT2D eigenvalue weighted by Gasteiger charge is 2.12. The number of halogens is 1. The monoisotopic (exact) mass is 264 g/mol. The van der Waals surface area contributed by atoms with E-state index < -0.39 is 0 Å². The van der Waals surface area contributed by atoms with Crippen LogP contribution in [-0.4, -0.2) is 17.1 Å². The summed E-state index contributed by atoms with van der Waals surface area (Å²) in [5.74, 6) is 1.32. The van der Waals surface area contributed by atoms with Crippen LogP contribution >= 0.6 is 11.6 Å². The van der Waals surface area contributed by atoms with Crippen LogP contribution in [-0.2, 0) is 6.42 Å². The van der Waals surface area contributed by atoms with Crippen LogP contribution in [0.15, 0.2) is 30.6 Å². The molecule has 0 N–H and O–H groups in total. The van der Waals surface area contributed by atoms with Crippen molar-refractivity contribution in [1.82, 2.24) is 9.97 Å². The Labute approximate surface area is 111 Å². The highest BCUT2D eigenvalue weighted by Crippen LogP contribution is 2.33. The van der Waals surface area contributed by atoms with Crippen molar-refractivity contribution in [1.29, 1.82) is 0 Å². The Balaban J connectivity index is 2.25. The number of rotatable bonds is 4. The van der Waals surface area contributed by atoms with Crippen molar-refractivity contribution in [2.45, 2.75) is 13.3 Å². The van der Waals surface area contributed by atoms with Gasteiger partial charge in [0, 0.05) is 0 Å². The molecule has 0 aliphatic heterocycles. The van der Waals surface area contributed by atoms with Gasteiger partial charge in [0.1, 0.15) is 12.1 Å². The molecular formula is C13H13ClN2O2. The Bertz CT molecular complexity index is 529. The van der Waals surface area contributed by atoms with E-state index >= 15 is 0 Å². The van der Waals surface area contributed by atoms with Gasteiger partial charge in [-0.25, -0.2) is 4.98 Å². The molecule has 0 bridgehead atoms. The molecule has 4 nitrogen and oxygen atoms in total. The van der Waals surface area contributed by atoms with Crippen LogP contribution in [0.3, 0.4) is 0 Å². The van der Waals surface area contributed by atoms with Crippen molar-refractivity contribution in [3.05, 3.63) is 41.3 Å². The van der Waals surface area contributed by atoms with Gasteiger partial charge in [-0.15, -0.1) is 0 Å². The normalized spacial score (nSPS) is 10.2. The third-order valence-corrected chi connectivity index (χ3v) is 2.75. The molecule has 18 heavy (non-hydrogen) atoms. The molecule has 2 rings (SSSR count). The average Bonchev–Trinajstić information content (AvgIpc) is 2.40. The first kappa shape index (κ1) is 12.6. The Kier molecular flexibility index (Phi) is 3.99. The number of aryl methyl sites for hydroxylation is 1. The fourth-order valence-electron chi connectivity index (χ4n) is 1.49.